The van der Waals surface area contributed by atoms with E-state index in [1.54, 1.807) is 24.3 Å². The van der Waals surface area contributed by atoms with E-state index >= 15 is 0 Å². The number of rotatable bonds is 7. The van der Waals surface area contributed by atoms with E-state index in [1.165, 1.54) is 0 Å². The fourth-order valence-corrected chi connectivity index (χ4v) is 3.22. The van der Waals surface area contributed by atoms with Gasteiger partial charge in [0.1, 0.15) is 6.04 Å². The maximum atomic E-state index is 13.1. The topological polar surface area (TPSA) is 66.4 Å². The van der Waals surface area contributed by atoms with Crippen molar-refractivity contribution < 1.29 is 14.7 Å². The Labute approximate surface area is 168 Å². The number of benzene rings is 3. The lowest BCUT2D eigenvalue weighted by atomic mass is 9.90. The van der Waals surface area contributed by atoms with Crippen molar-refractivity contribution in [1.29, 1.82) is 0 Å². The van der Waals surface area contributed by atoms with Crippen molar-refractivity contribution in [2.45, 2.75) is 18.4 Å². The van der Waals surface area contributed by atoms with E-state index in [2.05, 4.69) is 5.32 Å². The highest BCUT2D eigenvalue weighted by atomic mass is 35.5. The van der Waals surface area contributed by atoms with Gasteiger partial charge in [0, 0.05) is 11.4 Å². The van der Waals surface area contributed by atoms with Crippen LogP contribution in [-0.2, 0) is 16.0 Å². The number of carboxylic acids is 1. The molecule has 0 bridgehead atoms. The summed E-state index contributed by atoms with van der Waals surface area (Å²) in [4.78, 5) is 24.9. The molecule has 0 aliphatic heterocycles. The molecule has 1 amide bonds. The number of hydrogen-bond acceptors (Lipinski definition) is 2. The van der Waals surface area contributed by atoms with Crippen molar-refractivity contribution in [3.63, 3.8) is 0 Å². The molecule has 3 rings (SSSR count). The molecule has 0 fully saturated rings. The largest absolute Gasteiger partial charge is 0.480 e. The van der Waals surface area contributed by atoms with E-state index in [-0.39, 0.29) is 12.3 Å². The number of halogens is 1. The number of carboxylic acid groups (broad SMARTS) is 1. The lowest BCUT2D eigenvalue weighted by molar-refractivity contribution is -0.141. The van der Waals surface area contributed by atoms with Gasteiger partial charge in [-0.15, -0.1) is 0 Å². The normalized spacial score (nSPS) is 11.8. The molecule has 0 spiro atoms. The van der Waals surface area contributed by atoms with E-state index in [0.29, 0.717) is 5.02 Å². The molecule has 1 atom stereocenters. The molecule has 142 valence electrons. The van der Waals surface area contributed by atoms with E-state index < -0.39 is 17.9 Å². The van der Waals surface area contributed by atoms with Gasteiger partial charge in [-0.05, 0) is 28.8 Å². The zero-order chi connectivity index (χ0) is 19.9. The molecule has 3 aromatic rings. The van der Waals surface area contributed by atoms with Gasteiger partial charge in [-0.3, -0.25) is 4.79 Å². The Morgan fingerprint density at radius 3 is 1.79 bits per heavy atom. The molecule has 0 aromatic heterocycles. The van der Waals surface area contributed by atoms with Gasteiger partial charge in [-0.25, -0.2) is 4.79 Å². The van der Waals surface area contributed by atoms with Crippen LogP contribution < -0.4 is 5.32 Å². The van der Waals surface area contributed by atoms with Gasteiger partial charge >= 0.3 is 5.97 Å². The fourth-order valence-electron chi connectivity index (χ4n) is 3.10. The number of carbonyl (C=O) groups is 2. The molecule has 0 saturated carbocycles. The smallest absolute Gasteiger partial charge is 0.326 e. The van der Waals surface area contributed by atoms with Crippen molar-refractivity contribution in [1.82, 2.24) is 5.32 Å². The third-order valence-corrected chi connectivity index (χ3v) is 4.75. The maximum absolute atomic E-state index is 13.1. The summed E-state index contributed by atoms with van der Waals surface area (Å²) < 4.78 is 0. The van der Waals surface area contributed by atoms with Gasteiger partial charge < -0.3 is 10.4 Å². The first kappa shape index (κ1) is 19.6. The third-order valence-electron chi connectivity index (χ3n) is 4.50. The van der Waals surface area contributed by atoms with Crippen LogP contribution in [0.4, 0.5) is 0 Å². The molecule has 0 unspecified atom stereocenters. The number of nitrogens with one attached hydrogen (secondary N) is 1. The zero-order valence-electron chi connectivity index (χ0n) is 15.1. The van der Waals surface area contributed by atoms with Crippen LogP contribution in [0.15, 0.2) is 84.9 Å². The van der Waals surface area contributed by atoms with Crippen LogP contribution >= 0.6 is 11.6 Å². The molecule has 0 radical (unpaired) electrons. The predicted octanol–water partition coefficient (Wildman–Crippen LogP) is 4.28. The van der Waals surface area contributed by atoms with Gasteiger partial charge in [0.25, 0.3) is 0 Å². The van der Waals surface area contributed by atoms with Crippen molar-refractivity contribution >= 4 is 23.5 Å². The van der Waals surface area contributed by atoms with Crippen LogP contribution in [0, 0.1) is 0 Å². The molecule has 2 N–H and O–H groups in total. The van der Waals surface area contributed by atoms with Crippen LogP contribution in [0.2, 0.25) is 5.02 Å². The predicted molar refractivity (Wildman–Crippen MR) is 109 cm³/mol. The first-order chi connectivity index (χ1) is 13.5. The fraction of sp³-hybridized carbons (Fsp3) is 0.130. The standard InChI is InChI=1S/C23H20ClNO3/c24-19-13-11-16(12-14-19)15-20(23(27)28)25-22(26)21(17-7-3-1-4-8-17)18-9-5-2-6-10-18/h1-14,20-21H,15H2,(H,25,26)(H,27,28)/t20-/m0/s1. The van der Waals surface area contributed by atoms with Crippen LogP contribution in [0.3, 0.4) is 0 Å². The van der Waals surface area contributed by atoms with Crippen molar-refractivity contribution in [3.8, 4) is 0 Å². The Kier molecular flexibility index (Phi) is 6.45. The first-order valence-electron chi connectivity index (χ1n) is 8.92. The highest BCUT2D eigenvalue weighted by molar-refractivity contribution is 6.30. The Bertz CT molecular complexity index is 888. The van der Waals surface area contributed by atoms with Gasteiger partial charge in [0.2, 0.25) is 5.91 Å². The van der Waals surface area contributed by atoms with Gasteiger partial charge in [0.05, 0.1) is 5.92 Å². The van der Waals surface area contributed by atoms with E-state index in [4.69, 9.17) is 11.6 Å². The average molecular weight is 394 g/mol. The second-order valence-electron chi connectivity index (χ2n) is 6.48. The molecule has 0 aliphatic carbocycles. The molecule has 0 saturated heterocycles. The first-order valence-corrected chi connectivity index (χ1v) is 9.30. The second-order valence-corrected chi connectivity index (χ2v) is 6.92. The Morgan fingerprint density at radius 1 is 0.821 bits per heavy atom. The summed E-state index contributed by atoms with van der Waals surface area (Å²) in [6, 6.07) is 24.6. The quantitative estimate of drug-likeness (QED) is 0.629. The van der Waals surface area contributed by atoms with E-state index in [1.807, 2.05) is 60.7 Å². The van der Waals surface area contributed by atoms with Crippen molar-refractivity contribution in [2.24, 2.45) is 0 Å². The third kappa shape index (κ3) is 4.99. The molecule has 3 aromatic carbocycles. The second kappa shape index (κ2) is 9.20. The summed E-state index contributed by atoms with van der Waals surface area (Å²) in [6.07, 6.45) is 0.175. The molecule has 5 heteroatoms. The molecular formula is C23H20ClNO3. The summed E-state index contributed by atoms with van der Waals surface area (Å²) in [6.45, 7) is 0. The minimum Gasteiger partial charge on any atom is -0.480 e. The lowest BCUT2D eigenvalue weighted by Crippen LogP contribution is -2.44. The highest BCUT2D eigenvalue weighted by Gasteiger charge is 2.27. The van der Waals surface area contributed by atoms with Crippen molar-refractivity contribution in [3.05, 3.63) is 107 Å². The molecule has 0 aliphatic rings. The lowest BCUT2D eigenvalue weighted by Gasteiger charge is -2.21. The summed E-state index contributed by atoms with van der Waals surface area (Å²) >= 11 is 5.89. The number of amides is 1. The summed E-state index contributed by atoms with van der Waals surface area (Å²) in [5, 5.41) is 12.9. The van der Waals surface area contributed by atoms with E-state index in [9.17, 15) is 14.7 Å². The van der Waals surface area contributed by atoms with Crippen LogP contribution in [-0.4, -0.2) is 23.0 Å². The zero-order valence-corrected chi connectivity index (χ0v) is 15.8. The van der Waals surface area contributed by atoms with Gasteiger partial charge in [0.15, 0.2) is 0 Å². The van der Waals surface area contributed by atoms with Gasteiger partial charge in [-0.1, -0.05) is 84.4 Å². The average Bonchev–Trinajstić information content (AvgIpc) is 2.71. The van der Waals surface area contributed by atoms with Crippen molar-refractivity contribution in [2.75, 3.05) is 0 Å². The summed E-state index contributed by atoms with van der Waals surface area (Å²) in [7, 11) is 0. The van der Waals surface area contributed by atoms with E-state index in [0.717, 1.165) is 16.7 Å². The number of hydrogen-bond donors (Lipinski definition) is 2. The molecule has 0 heterocycles. The maximum Gasteiger partial charge on any atom is 0.326 e. The van der Waals surface area contributed by atoms with Crippen LogP contribution in [0.5, 0.6) is 0 Å². The Hall–Kier alpha value is -3.11. The van der Waals surface area contributed by atoms with Crippen LogP contribution in [0.1, 0.15) is 22.6 Å². The SMILES string of the molecule is O=C(N[C@@H](Cc1ccc(Cl)cc1)C(=O)O)C(c1ccccc1)c1ccccc1. The highest BCUT2D eigenvalue weighted by Crippen LogP contribution is 2.25. The molecule has 4 nitrogen and oxygen atoms in total. The minimum absolute atomic E-state index is 0.175. The number of carbonyl (C=O) groups excluding carboxylic acids is 1. The Balaban J connectivity index is 1.85. The number of aliphatic carboxylic acids is 1. The summed E-state index contributed by atoms with van der Waals surface area (Å²) in [5.41, 5.74) is 2.40. The monoisotopic (exact) mass is 393 g/mol. The minimum atomic E-state index is -1.08. The molecule has 28 heavy (non-hydrogen) atoms. The Morgan fingerprint density at radius 2 is 1.32 bits per heavy atom. The summed E-state index contributed by atoms with van der Waals surface area (Å²) in [5.74, 6) is -2.02. The van der Waals surface area contributed by atoms with Gasteiger partial charge in [-0.2, -0.15) is 0 Å². The molecular weight excluding hydrogens is 374 g/mol. The van der Waals surface area contributed by atoms with Crippen LogP contribution in [0.25, 0.3) is 0 Å².